The Labute approximate surface area is 170 Å². The second-order valence-electron chi connectivity index (χ2n) is 9.79. The number of ether oxygens (including phenoxy) is 1. The van der Waals surface area contributed by atoms with E-state index in [1.165, 1.54) is 18.4 Å². The number of phenols is 1. The normalized spacial score (nSPS) is 46.3. The predicted molar refractivity (Wildman–Crippen MR) is 95.1 cm³/mol. The van der Waals surface area contributed by atoms with Gasteiger partial charge in [0, 0.05) is 24.3 Å². The molecule has 2 aliphatic heterocycles. The summed E-state index contributed by atoms with van der Waals surface area (Å²) in [5, 5.41) is 33.4. The Balaban J connectivity index is 0.00000160. The van der Waals surface area contributed by atoms with E-state index in [0.717, 1.165) is 41.9 Å². The minimum atomic E-state index is -0.870. The quantitative estimate of drug-likeness (QED) is 0.490. The Hall–Kier alpha value is -0.820. The van der Waals surface area contributed by atoms with Crippen LogP contribution in [0.3, 0.4) is 0 Å². The van der Waals surface area contributed by atoms with Crippen LogP contribution in [0.5, 0.6) is 11.5 Å². The zero-order valence-electron chi connectivity index (χ0n) is 15.7. The van der Waals surface area contributed by atoms with E-state index in [1.54, 1.807) is 6.07 Å². The van der Waals surface area contributed by atoms with Crippen LogP contribution in [0.2, 0.25) is 0 Å². The van der Waals surface area contributed by atoms with Crippen LogP contribution >= 0.6 is 0 Å². The molecule has 1 aromatic carbocycles. The first kappa shape index (κ1) is 18.2. The van der Waals surface area contributed by atoms with Crippen molar-refractivity contribution in [2.45, 2.75) is 67.8 Å². The number of aliphatic hydroxyl groups excluding tert-OH is 1. The number of benzene rings is 1. The number of likely N-dealkylation sites (N-methyl/N-ethyl adjacent to an activating group) is 1. The van der Waals surface area contributed by atoms with Crippen molar-refractivity contribution in [1.82, 2.24) is 0 Å². The molecule has 6 rings (SSSR count). The maximum absolute atomic E-state index is 12.2. The lowest BCUT2D eigenvalue weighted by Gasteiger charge is -2.65. The number of aliphatic hydroxyl groups is 2. The fourth-order valence-corrected chi connectivity index (χ4v) is 7.13. The maximum Gasteiger partial charge on any atom is 0.165 e. The first-order valence-corrected chi connectivity index (χ1v) is 10.2. The number of hydrogen-bond donors (Lipinski definition) is 3. The van der Waals surface area contributed by atoms with Crippen molar-refractivity contribution >= 4 is 0 Å². The Morgan fingerprint density at radius 2 is 2.00 bits per heavy atom. The smallest absolute Gasteiger partial charge is 0.165 e. The second kappa shape index (κ2) is 5.41. The fourth-order valence-electron chi connectivity index (χ4n) is 7.13. The molecule has 6 atom stereocenters. The molecule has 6 heteroatoms. The summed E-state index contributed by atoms with van der Waals surface area (Å²) in [6, 6.07) is 3.88. The zero-order valence-corrected chi connectivity index (χ0v) is 17.3. The van der Waals surface area contributed by atoms with Gasteiger partial charge in [0.25, 0.3) is 0 Å². The number of nitrogens with zero attached hydrogens (tertiary/aromatic N) is 1. The Bertz CT molecular complexity index is 814. The van der Waals surface area contributed by atoms with Crippen molar-refractivity contribution in [3.63, 3.8) is 0 Å². The Kier molecular flexibility index (Phi) is 3.65. The van der Waals surface area contributed by atoms with E-state index in [0.29, 0.717) is 18.6 Å². The minimum Gasteiger partial charge on any atom is -1.00 e. The number of quaternary nitrogens is 1. The van der Waals surface area contributed by atoms with Gasteiger partial charge in [-0.3, -0.25) is 0 Å². The number of likely N-dealkylation sites (tertiary alicyclic amines) is 1. The van der Waals surface area contributed by atoms with Crippen LogP contribution in [0.1, 0.15) is 43.2 Å². The van der Waals surface area contributed by atoms with Crippen molar-refractivity contribution in [3.05, 3.63) is 23.3 Å². The van der Waals surface area contributed by atoms with Crippen molar-refractivity contribution in [2.24, 2.45) is 5.92 Å². The standard InChI is InChI=1S/C21H27NO4.BrH/c1-22(11-12-2-3-12)9-8-20-17-13-4-5-14(23)18(17)26-19(20)15(24)6-7-21(20,25)16(22)10-13;/h4-5,12,15-16,19,24-25H,2-3,6-11H2,1H3;1H/t15?,16-,19+,20+,21-,22?;/m1./s1. The molecule has 5 nitrogen and oxygen atoms in total. The molecule has 1 aromatic rings. The number of hydrogen-bond acceptors (Lipinski definition) is 4. The van der Waals surface area contributed by atoms with Gasteiger partial charge in [-0.05, 0) is 37.3 Å². The van der Waals surface area contributed by atoms with E-state index < -0.39 is 23.2 Å². The Morgan fingerprint density at radius 3 is 2.74 bits per heavy atom. The van der Waals surface area contributed by atoms with Crippen LogP contribution in [0.15, 0.2) is 12.1 Å². The third-order valence-electron chi connectivity index (χ3n) is 8.45. The van der Waals surface area contributed by atoms with Gasteiger partial charge in [0.15, 0.2) is 11.5 Å². The summed E-state index contributed by atoms with van der Waals surface area (Å²) in [5.41, 5.74) is 0.755. The van der Waals surface area contributed by atoms with Crippen LogP contribution in [-0.2, 0) is 11.8 Å². The van der Waals surface area contributed by atoms with E-state index >= 15 is 0 Å². The minimum absolute atomic E-state index is 0. The van der Waals surface area contributed by atoms with Crippen LogP contribution in [0.25, 0.3) is 0 Å². The monoisotopic (exact) mass is 437 g/mol. The van der Waals surface area contributed by atoms with Crippen LogP contribution in [-0.4, -0.2) is 63.8 Å². The number of rotatable bonds is 2. The zero-order chi connectivity index (χ0) is 17.9. The van der Waals surface area contributed by atoms with Gasteiger partial charge in [0.1, 0.15) is 17.7 Å². The summed E-state index contributed by atoms with van der Waals surface area (Å²) >= 11 is 0. The van der Waals surface area contributed by atoms with Gasteiger partial charge in [-0.2, -0.15) is 0 Å². The van der Waals surface area contributed by atoms with Gasteiger partial charge in [-0.25, -0.2) is 0 Å². The topological polar surface area (TPSA) is 69.9 Å². The van der Waals surface area contributed by atoms with E-state index in [1.807, 2.05) is 6.07 Å². The highest BCUT2D eigenvalue weighted by Gasteiger charge is 2.76. The second-order valence-corrected chi connectivity index (χ2v) is 9.79. The molecule has 3 fully saturated rings. The molecule has 2 saturated carbocycles. The summed E-state index contributed by atoms with van der Waals surface area (Å²) < 4.78 is 7.11. The molecule has 2 bridgehead atoms. The molecule has 3 N–H and O–H groups in total. The molecule has 1 spiro atoms. The van der Waals surface area contributed by atoms with Gasteiger partial charge >= 0.3 is 0 Å². The molecule has 2 heterocycles. The predicted octanol–water partition coefficient (Wildman–Crippen LogP) is -1.53. The van der Waals surface area contributed by atoms with Gasteiger partial charge < -0.3 is 41.5 Å². The summed E-state index contributed by atoms with van der Waals surface area (Å²) in [5.74, 6) is 1.46. The molecular weight excluding hydrogens is 410 g/mol. The molecule has 0 radical (unpaired) electrons. The van der Waals surface area contributed by atoms with E-state index in [-0.39, 0.29) is 28.8 Å². The SMILES string of the molecule is C[N+]1(CC2CC2)CC[C@]23c4c5ccc(O)c4O[C@H]2C(O)CC[C@@]3(O)[C@H]1C5.[Br-]. The van der Waals surface area contributed by atoms with Crippen molar-refractivity contribution in [2.75, 3.05) is 20.1 Å². The fraction of sp³-hybridized carbons (Fsp3) is 0.714. The van der Waals surface area contributed by atoms with Crippen LogP contribution in [0.4, 0.5) is 0 Å². The Morgan fingerprint density at radius 1 is 1.22 bits per heavy atom. The maximum atomic E-state index is 12.2. The molecular formula is C21H28BrNO4. The molecule has 5 aliphatic rings. The molecule has 27 heavy (non-hydrogen) atoms. The lowest BCUT2D eigenvalue weighted by molar-refractivity contribution is -0.950. The summed E-state index contributed by atoms with van der Waals surface area (Å²) in [6.07, 6.45) is 4.44. The van der Waals surface area contributed by atoms with Crippen LogP contribution in [0, 0.1) is 5.92 Å². The van der Waals surface area contributed by atoms with Crippen molar-refractivity contribution in [3.8, 4) is 11.5 Å². The van der Waals surface area contributed by atoms with Crippen molar-refractivity contribution in [1.29, 1.82) is 0 Å². The summed E-state index contributed by atoms with van der Waals surface area (Å²) in [6.45, 7) is 2.15. The largest absolute Gasteiger partial charge is 1.00 e. The lowest BCUT2D eigenvalue weighted by atomic mass is 9.48. The van der Waals surface area contributed by atoms with E-state index in [2.05, 4.69) is 7.05 Å². The first-order valence-electron chi connectivity index (χ1n) is 10.2. The number of aromatic hydroxyl groups is 1. The summed E-state index contributed by atoms with van der Waals surface area (Å²) in [7, 11) is 2.33. The number of phenolic OH excluding ortho intramolecular Hbond substituents is 1. The third kappa shape index (κ3) is 2.00. The van der Waals surface area contributed by atoms with Crippen LogP contribution < -0.4 is 21.7 Å². The average molecular weight is 438 g/mol. The van der Waals surface area contributed by atoms with Gasteiger partial charge in [0.05, 0.1) is 31.7 Å². The van der Waals surface area contributed by atoms with Gasteiger partial charge in [-0.1, -0.05) is 6.07 Å². The van der Waals surface area contributed by atoms with Gasteiger partial charge in [0.2, 0.25) is 0 Å². The third-order valence-corrected chi connectivity index (χ3v) is 8.45. The number of halogens is 1. The van der Waals surface area contributed by atoms with E-state index in [4.69, 9.17) is 4.74 Å². The highest BCUT2D eigenvalue weighted by atomic mass is 79.9. The highest BCUT2D eigenvalue weighted by molar-refractivity contribution is 5.62. The van der Waals surface area contributed by atoms with Crippen molar-refractivity contribution < 1.29 is 41.5 Å². The molecule has 2 unspecified atom stereocenters. The molecule has 148 valence electrons. The molecule has 0 amide bonds. The number of piperidine rings is 1. The molecule has 0 aromatic heterocycles. The lowest BCUT2D eigenvalue weighted by Crippen LogP contribution is -3.00. The molecule has 1 saturated heterocycles. The highest BCUT2D eigenvalue weighted by Crippen LogP contribution is 2.66. The summed E-state index contributed by atoms with van der Waals surface area (Å²) in [4.78, 5) is 0. The van der Waals surface area contributed by atoms with E-state index in [9.17, 15) is 15.3 Å². The molecule has 3 aliphatic carbocycles. The average Bonchev–Trinajstić information content (AvgIpc) is 3.32. The first-order chi connectivity index (χ1) is 12.4. The van der Waals surface area contributed by atoms with Gasteiger partial charge in [-0.15, -0.1) is 0 Å².